The monoisotopic (exact) mass is 429 g/mol. The topological polar surface area (TPSA) is 117 Å². The summed E-state index contributed by atoms with van der Waals surface area (Å²) in [7, 11) is 0. The van der Waals surface area contributed by atoms with E-state index < -0.39 is 0 Å². The first-order valence-corrected chi connectivity index (χ1v) is 11.1. The van der Waals surface area contributed by atoms with E-state index in [1.165, 1.54) is 5.56 Å². The van der Waals surface area contributed by atoms with Gasteiger partial charge in [0.15, 0.2) is 5.65 Å². The number of para-hydroxylation sites is 1. The average molecular weight is 430 g/mol. The second-order valence-electron chi connectivity index (χ2n) is 8.30. The zero-order chi connectivity index (χ0) is 21.9. The molecule has 1 fully saturated rings. The molecule has 0 unspecified atom stereocenters. The largest absolute Gasteiger partial charge is 0.507 e. The maximum absolute atomic E-state index is 10.2. The molecule has 0 aliphatic carbocycles. The predicted octanol–water partition coefficient (Wildman–Crippen LogP) is 3.40. The van der Waals surface area contributed by atoms with Gasteiger partial charge in [0.05, 0.1) is 5.69 Å². The molecule has 1 aliphatic rings. The number of piperidine rings is 1. The standard InChI is InChI=1S/C24H27N7O/c25-9-3-4-16-13-27-24(28-14-16)31-10-7-17(8-11-31)20-15-26-23-19(20)12-21(29-30-23)18-5-1-2-6-22(18)32/h1-2,5-6,12-15,17,32H,3-4,7-11,25H2,(H,26,30). The van der Waals surface area contributed by atoms with E-state index in [1.807, 2.05) is 30.6 Å². The molecule has 0 spiro atoms. The second kappa shape index (κ2) is 8.92. The van der Waals surface area contributed by atoms with E-state index in [4.69, 9.17) is 5.73 Å². The van der Waals surface area contributed by atoms with Crippen LogP contribution in [0.4, 0.5) is 5.95 Å². The Bertz CT molecular complexity index is 1200. The normalized spacial score (nSPS) is 14.8. The van der Waals surface area contributed by atoms with Gasteiger partial charge in [-0.1, -0.05) is 12.1 Å². The number of nitrogens with one attached hydrogen (secondary N) is 1. The Kier molecular flexibility index (Phi) is 5.68. The zero-order valence-corrected chi connectivity index (χ0v) is 17.9. The summed E-state index contributed by atoms with van der Waals surface area (Å²) in [6.07, 6.45) is 9.79. The molecule has 32 heavy (non-hydrogen) atoms. The summed E-state index contributed by atoms with van der Waals surface area (Å²) in [5.74, 6) is 1.43. The fraction of sp³-hybridized carbons (Fsp3) is 0.333. The number of fused-ring (bicyclic) bond motifs is 1. The Morgan fingerprint density at radius 1 is 1.09 bits per heavy atom. The van der Waals surface area contributed by atoms with E-state index in [9.17, 15) is 5.11 Å². The smallest absolute Gasteiger partial charge is 0.225 e. The third-order valence-corrected chi connectivity index (χ3v) is 6.23. The van der Waals surface area contributed by atoms with E-state index in [-0.39, 0.29) is 5.75 Å². The van der Waals surface area contributed by atoms with Gasteiger partial charge in [0, 0.05) is 42.6 Å². The average Bonchev–Trinajstić information content (AvgIpc) is 3.27. The Morgan fingerprint density at radius 3 is 2.62 bits per heavy atom. The molecule has 0 saturated carbocycles. The maximum atomic E-state index is 10.2. The number of anilines is 1. The molecule has 1 saturated heterocycles. The summed E-state index contributed by atoms with van der Waals surface area (Å²) in [6, 6.07) is 9.25. The number of benzene rings is 1. The number of hydrogen-bond acceptors (Lipinski definition) is 7. The Balaban J connectivity index is 1.32. The minimum absolute atomic E-state index is 0.209. The molecular formula is C24H27N7O. The van der Waals surface area contributed by atoms with Crippen LogP contribution in [0, 0.1) is 0 Å². The number of nitrogens with zero attached hydrogens (tertiary/aromatic N) is 5. The van der Waals surface area contributed by atoms with E-state index in [1.54, 1.807) is 12.1 Å². The number of phenols is 1. The van der Waals surface area contributed by atoms with Gasteiger partial charge in [-0.3, -0.25) is 0 Å². The molecule has 3 aromatic heterocycles. The number of H-pyrrole nitrogens is 1. The second-order valence-corrected chi connectivity index (χ2v) is 8.30. The van der Waals surface area contributed by atoms with Gasteiger partial charge in [-0.05, 0) is 67.5 Å². The number of aromatic hydroxyl groups is 1. The maximum Gasteiger partial charge on any atom is 0.225 e. The van der Waals surface area contributed by atoms with E-state index >= 15 is 0 Å². The predicted molar refractivity (Wildman–Crippen MR) is 125 cm³/mol. The molecule has 0 radical (unpaired) electrons. The Labute approximate surface area is 186 Å². The third-order valence-electron chi connectivity index (χ3n) is 6.23. The van der Waals surface area contributed by atoms with Gasteiger partial charge in [0.1, 0.15) is 5.75 Å². The highest BCUT2D eigenvalue weighted by Gasteiger charge is 2.25. The summed E-state index contributed by atoms with van der Waals surface area (Å²) < 4.78 is 0. The highest BCUT2D eigenvalue weighted by molar-refractivity contribution is 5.84. The zero-order valence-electron chi connectivity index (χ0n) is 17.9. The van der Waals surface area contributed by atoms with Crippen molar-refractivity contribution in [2.75, 3.05) is 24.5 Å². The van der Waals surface area contributed by atoms with Crippen molar-refractivity contribution < 1.29 is 5.11 Å². The highest BCUT2D eigenvalue weighted by Crippen LogP contribution is 2.35. The number of aryl methyl sites for hydroxylation is 1. The molecule has 8 nitrogen and oxygen atoms in total. The van der Waals surface area contributed by atoms with Crippen LogP contribution in [0.5, 0.6) is 5.75 Å². The van der Waals surface area contributed by atoms with Crippen molar-refractivity contribution in [2.45, 2.75) is 31.6 Å². The summed E-state index contributed by atoms with van der Waals surface area (Å²) >= 11 is 0. The van der Waals surface area contributed by atoms with Crippen LogP contribution in [0.15, 0.2) is 48.9 Å². The van der Waals surface area contributed by atoms with Crippen molar-refractivity contribution in [3.05, 3.63) is 60.0 Å². The summed E-state index contributed by atoms with van der Waals surface area (Å²) in [4.78, 5) is 14.7. The van der Waals surface area contributed by atoms with Crippen molar-refractivity contribution >= 4 is 17.0 Å². The number of hydrogen-bond donors (Lipinski definition) is 3. The van der Waals surface area contributed by atoms with Crippen molar-refractivity contribution in [3.8, 4) is 17.0 Å². The van der Waals surface area contributed by atoms with Gasteiger partial charge < -0.3 is 20.7 Å². The van der Waals surface area contributed by atoms with Crippen molar-refractivity contribution in [1.29, 1.82) is 0 Å². The van der Waals surface area contributed by atoms with Crippen LogP contribution in [0.3, 0.4) is 0 Å². The van der Waals surface area contributed by atoms with Crippen LogP contribution in [-0.4, -0.2) is 49.9 Å². The first-order valence-electron chi connectivity index (χ1n) is 11.1. The molecule has 4 heterocycles. The van der Waals surface area contributed by atoms with Crippen LogP contribution in [-0.2, 0) is 6.42 Å². The molecule has 5 rings (SSSR count). The highest BCUT2D eigenvalue weighted by atomic mass is 16.3. The first kappa shape index (κ1) is 20.4. The van der Waals surface area contributed by atoms with E-state index in [2.05, 4.69) is 36.2 Å². The molecule has 1 aliphatic heterocycles. The lowest BCUT2D eigenvalue weighted by molar-refractivity contribution is 0.477. The Hall–Kier alpha value is -3.52. The Morgan fingerprint density at radius 2 is 1.88 bits per heavy atom. The van der Waals surface area contributed by atoms with Gasteiger partial charge in [0.25, 0.3) is 0 Å². The molecule has 4 aromatic rings. The SMILES string of the molecule is NCCCc1cnc(N2CCC(c3c[nH]c4nnc(-c5ccccc5O)cc34)CC2)nc1. The van der Waals surface area contributed by atoms with Gasteiger partial charge in [0.2, 0.25) is 5.95 Å². The summed E-state index contributed by atoms with van der Waals surface area (Å²) in [6.45, 7) is 2.50. The lowest BCUT2D eigenvalue weighted by atomic mass is 9.89. The quantitative estimate of drug-likeness (QED) is 0.430. The molecule has 0 atom stereocenters. The summed E-state index contributed by atoms with van der Waals surface area (Å²) in [5.41, 5.74) is 10.1. The number of aromatic amines is 1. The minimum atomic E-state index is 0.209. The van der Waals surface area contributed by atoms with Crippen LogP contribution in [0.2, 0.25) is 0 Å². The van der Waals surface area contributed by atoms with Crippen molar-refractivity contribution in [2.24, 2.45) is 5.73 Å². The van der Waals surface area contributed by atoms with Gasteiger partial charge in [-0.15, -0.1) is 10.2 Å². The van der Waals surface area contributed by atoms with Crippen molar-refractivity contribution in [3.63, 3.8) is 0 Å². The molecule has 1 aromatic carbocycles. The lowest BCUT2D eigenvalue weighted by Crippen LogP contribution is -2.34. The molecule has 4 N–H and O–H groups in total. The minimum Gasteiger partial charge on any atom is -0.507 e. The lowest BCUT2D eigenvalue weighted by Gasteiger charge is -2.32. The molecule has 0 amide bonds. The van der Waals surface area contributed by atoms with E-state index in [0.29, 0.717) is 23.7 Å². The van der Waals surface area contributed by atoms with Crippen molar-refractivity contribution in [1.82, 2.24) is 25.1 Å². The van der Waals surface area contributed by atoms with E-state index in [0.717, 1.165) is 61.3 Å². The first-order chi connectivity index (χ1) is 15.7. The third kappa shape index (κ3) is 4.01. The number of nitrogens with two attached hydrogens (primary N) is 1. The molecular weight excluding hydrogens is 402 g/mol. The number of aromatic nitrogens is 5. The molecule has 164 valence electrons. The summed E-state index contributed by atoms with van der Waals surface area (Å²) in [5, 5.41) is 19.9. The fourth-order valence-electron chi connectivity index (χ4n) is 4.44. The van der Waals surface area contributed by atoms with Gasteiger partial charge >= 0.3 is 0 Å². The fourth-order valence-corrected chi connectivity index (χ4v) is 4.44. The molecule has 0 bridgehead atoms. The van der Waals surface area contributed by atoms with Crippen LogP contribution >= 0.6 is 0 Å². The van der Waals surface area contributed by atoms with Crippen LogP contribution in [0.25, 0.3) is 22.3 Å². The number of phenolic OH excluding ortho intramolecular Hbond substituents is 1. The van der Waals surface area contributed by atoms with Gasteiger partial charge in [-0.2, -0.15) is 0 Å². The molecule has 8 heteroatoms. The van der Waals surface area contributed by atoms with Gasteiger partial charge in [-0.25, -0.2) is 9.97 Å². The number of rotatable bonds is 6. The van der Waals surface area contributed by atoms with Crippen LogP contribution < -0.4 is 10.6 Å². The van der Waals surface area contributed by atoms with Crippen LogP contribution in [0.1, 0.15) is 36.3 Å².